The lowest BCUT2D eigenvalue weighted by Gasteiger charge is -2.61. The summed E-state index contributed by atoms with van der Waals surface area (Å²) in [7, 11) is 0. The van der Waals surface area contributed by atoms with Gasteiger partial charge in [0.25, 0.3) is 0 Å². The maximum absolute atomic E-state index is 13.3. The van der Waals surface area contributed by atoms with Crippen LogP contribution in [-0.4, -0.2) is 71.6 Å². The van der Waals surface area contributed by atoms with Crippen molar-refractivity contribution < 1.29 is 14.3 Å². The van der Waals surface area contributed by atoms with Crippen molar-refractivity contribution in [1.29, 1.82) is 0 Å². The number of anilines is 1. The summed E-state index contributed by atoms with van der Waals surface area (Å²) in [6.45, 7) is 13.9. The quantitative estimate of drug-likeness (QED) is 0.438. The molecule has 1 spiro atoms. The summed E-state index contributed by atoms with van der Waals surface area (Å²) in [6, 6.07) is 2.27. The van der Waals surface area contributed by atoms with Gasteiger partial charge < -0.3 is 24.6 Å². The normalized spacial score (nSPS) is 48.3. The van der Waals surface area contributed by atoms with Gasteiger partial charge in [-0.25, -0.2) is 14.8 Å². The molecule has 4 heterocycles. The van der Waals surface area contributed by atoms with Gasteiger partial charge in [0.1, 0.15) is 0 Å². The van der Waals surface area contributed by atoms with Gasteiger partial charge in [0.05, 0.1) is 12.7 Å². The van der Waals surface area contributed by atoms with Gasteiger partial charge in [-0.05, 0) is 110 Å². The van der Waals surface area contributed by atoms with E-state index in [0.717, 1.165) is 81.7 Å². The number of rotatable bonds is 2. The highest BCUT2D eigenvalue weighted by atomic mass is 16.7. The first kappa shape index (κ1) is 29.5. The van der Waals surface area contributed by atoms with Gasteiger partial charge in [0.2, 0.25) is 5.95 Å². The number of hydrogen-bond acceptors (Lipinski definition) is 6. The summed E-state index contributed by atoms with van der Waals surface area (Å²) in [5.74, 6) is 5.38. The Morgan fingerprint density at radius 2 is 1.68 bits per heavy atom. The number of fused-ring (bicyclic) bond motifs is 7. The number of carbonyl (C=O) groups excluding carboxylic acids is 1. The molecule has 1 aromatic rings. The molecule has 7 fully saturated rings. The van der Waals surface area contributed by atoms with Crippen LogP contribution in [0.5, 0.6) is 0 Å². The van der Waals surface area contributed by atoms with Crippen molar-refractivity contribution in [2.45, 2.75) is 110 Å². The van der Waals surface area contributed by atoms with Crippen molar-refractivity contribution in [2.24, 2.45) is 52.3 Å². The van der Waals surface area contributed by atoms with Crippen LogP contribution in [-0.2, 0) is 9.47 Å². The Bertz CT molecular complexity index is 1220. The lowest BCUT2D eigenvalue weighted by molar-refractivity contribution is -0.273. The second-order valence-electron chi connectivity index (χ2n) is 16.6. The van der Waals surface area contributed by atoms with E-state index in [2.05, 4.69) is 47.9 Å². The topological polar surface area (TPSA) is 79.8 Å². The van der Waals surface area contributed by atoms with Crippen molar-refractivity contribution >= 4 is 12.0 Å². The summed E-state index contributed by atoms with van der Waals surface area (Å²) in [5.41, 5.74) is 0.785. The zero-order valence-corrected chi connectivity index (χ0v) is 27.5. The zero-order valence-electron chi connectivity index (χ0n) is 27.5. The molecule has 0 aromatic carbocycles. The Kier molecular flexibility index (Phi) is 7.25. The van der Waals surface area contributed by atoms with Gasteiger partial charge >= 0.3 is 6.03 Å². The van der Waals surface area contributed by atoms with E-state index in [1.165, 1.54) is 44.9 Å². The number of amides is 2. The number of nitrogens with zero attached hydrogens (tertiary/aromatic N) is 4. The third kappa shape index (κ3) is 4.54. The molecule has 4 aliphatic carbocycles. The summed E-state index contributed by atoms with van der Waals surface area (Å²) < 4.78 is 13.5. The molecule has 8 heteroatoms. The lowest BCUT2D eigenvalue weighted by atomic mass is 9.44. The standard InChI is InChI=1S/C36H55N5O3/c1-23-8-13-36(43-22-23)24(2)31-30(44-36)21-29-27-7-6-25-20-26(9-11-34(25,3)28(27)10-12-35(29,31)4)39-33(42)41-18-16-40(17-19-41)32-37-14-5-15-38-32/h5,14-15,23-31H,6-13,16-22H2,1-4H3,(H,39,42)/t23-,24-,25+,26+,27+,28-,29-,30-,31-,34-,35-,36+/m0/s1. The Hall–Kier alpha value is -1.93. The lowest BCUT2D eigenvalue weighted by Crippen LogP contribution is -2.58. The van der Waals surface area contributed by atoms with Crippen molar-refractivity contribution in [1.82, 2.24) is 20.2 Å². The van der Waals surface area contributed by atoms with E-state index in [-0.39, 0.29) is 11.8 Å². The fraction of sp³-hybridized carbons (Fsp3) is 0.861. The van der Waals surface area contributed by atoms with E-state index in [9.17, 15) is 4.79 Å². The molecule has 0 bridgehead atoms. The summed E-state index contributed by atoms with van der Waals surface area (Å²) in [4.78, 5) is 26.3. The molecule has 4 saturated carbocycles. The number of hydrogen-bond donors (Lipinski definition) is 1. The molecule has 1 aromatic heterocycles. The first-order chi connectivity index (χ1) is 21.2. The van der Waals surface area contributed by atoms with E-state index in [1.54, 1.807) is 12.4 Å². The fourth-order valence-electron chi connectivity index (χ4n) is 12.2. The Labute approximate surface area is 264 Å². The Morgan fingerprint density at radius 3 is 2.43 bits per heavy atom. The highest BCUT2D eigenvalue weighted by Gasteiger charge is 2.69. The van der Waals surface area contributed by atoms with Gasteiger partial charge in [-0.3, -0.25) is 0 Å². The molecule has 0 radical (unpaired) electrons. The van der Waals surface area contributed by atoms with Gasteiger partial charge in [0, 0.05) is 57.0 Å². The maximum atomic E-state index is 13.3. The predicted octanol–water partition coefficient (Wildman–Crippen LogP) is 6.12. The van der Waals surface area contributed by atoms with Crippen LogP contribution in [0.3, 0.4) is 0 Å². The SMILES string of the molecule is C[C@H]1CC[C@@]2(OC1)O[C@H]1C[C@H]3[C@@H]4CC[C@@H]5C[C@H](NC(=O)N6CCN(c7ncccn7)CC6)CC[C@]5(C)[C@H]4CC[C@]3(C)[C@H]1[C@@H]2C. The van der Waals surface area contributed by atoms with Gasteiger partial charge in [0.15, 0.2) is 5.79 Å². The van der Waals surface area contributed by atoms with E-state index in [0.29, 0.717) is 40.7 Å². The molecule has 7 aliphatic rings. The minimum atomic E-state index is -0.316. The number of nitrogens with one attached hydrogen (secondary N) is 1. The van der Waals surface area contributed by atoms with Crippen LogP contribution in [0.4, 0.5) is 10.7 Å². The molecule has 3 aliphatic heterocycles. The summed E-state index contributed by atoms with van der Waals surface area (Å²) in [5, 5.41) is 3.48. The van der Waals surface area contributed by atoms with Crippen molar-refractivity contribution in [3.05, 3.63) is 18.5 Å². The van der Waals surface area contributed by atoms with Crippen LogP contribution in [0.25, 0.3) is 0 Å². The Balaban J connectivity index is 0.888. The highest BCUT2D eigenvalue weighted by molar-refractivity contribution is 5.74. The van der Waals surface area contributed by atoms with Crippen molar-refractivity contribution in [2.75, 3.05) is 37.7 Å². The average Bonchev–Trinajstić information content (AvgIpc) is 3.48. The third-order valence-corrected chi connectivity index (χ3v) is 14.7. The molecule has 242 valence electrons. The van der Waals surface area contributed by atoms with E-state index >= 15 is 0 Å². The largest absolute Gasteiger partial charge is 0.349 e. The number of urea groups is 1. The van der Waals surface area contributed by atoms with E-state index in [4.69, 9.17) is 9.47 Å². The molecule has 2 amide bonds. The second-order valence-corrected chi connectivity index (χ2v) is 16.6. The number of carbonyl (C=O) groups is 1. The molecular weight excluding hydrogens is 550 g/mol. The fourth-order valence-corrected chi connectivity index (χ4v) is 12.2. The van der Waals surface area contributed by atoms with Crippen LogP contribution in [0.15, 0.2) is 18.5 Å². The van der Waals surface area contributed by atoms with Crippen LogP contribution in [0, 0.1) is 52.3 Å². The molecule has 8 rings (SSSR count). The highest BCUT2D eigenvalue weighted by Crippen LogP contribution is 2.71. The molecule has 44 heavy (non-hydrogen) atoms. The Morgan fingerprint density at radius 1 is 0.909 bits per heavy atom. The second kappa shape index (κ2) is 10.8. The number of ether oxygens (including phenoxy) is 2. The third-order valence-electron chi connectivity index (χ3n) is 14.7. The van der Waals surface area contributed by atoms with Crippen molar-refractivity contribution in [3.8, 4) is 0 Å². The molecule has 12 atom stereocenters. The zero-order chi connectivity index (χ0) is 30.3. The number of piperazine rings is 1. The van der Waals surface area contributed by atoms with Crippen LogP contribution < -0.4 is 10.2 Å². The predicted molar refractivity (Wildman–Crippen MR) is 170 cm³/mol. The molecular formula is C36H55N5O3. The summed E-state index contributed by atoms with van der Waals surface area (Å²) in [6.07, 6.45) is 16.4. The molecule has 1 N–H and O–H groups in total. The molecule has 3 saturated heterocycles. The smallest absolute Gasteiger partial charge is 0.317 e. The molecule has 8 nitrogen and oxygen atoms in total. The minimum Gasteiger partial charge on any atom is -0.349 e. The van der Waals surface area contributed by atoms with Gasteiger partial charge in [-0.15, -0.1) is 0 Å². The van der Waals surface area contributed by atoms with Crippen LogP contribution in [0.2, 0.25) is 0 Å². The minimum absolute atomic E-state index is 0.121. The van der Waals surface area contributed by atoms with Gasteiger partial charge in [-0.1, -0.05) is 27.7 Å². The maximum Gasteiger partial charge on any atom is 0.317 e. The average molecular weight is 606 g/mol. The number of aromatic nitrogens is 2. The van der Waals surface area contributed by atoms with Gasteiger partial charge in [-0.2, -0.15) is 0 Å². The van der Waals surface area contributed by atoms with Crippen LogP contribution >= 0.6 is 0 Å². The molecule has 0 unspecified atom stereocenters. The van der Waals surface area contributed by atoms with E-state index < -0.39 is 0 Å². The van der Waals surface area contributed by atoms with Crippen molar-refractivity contribution in [3.63, 3.8) is 0 Å². The summed E-state index contributed by atoms with van der Waals surface area (Å²) >= 11 is 0. The monoisotopic (exact) mass is 605 g/mol. The van der Waals surface area contributed by atoms with E-state index in [1.807, 2.05) is 11.0 Å². The van der Waals surface area contributed by atoms with Crippen LogP contribution in [0.1, 0.15) is 91.9 Å². The first-order valence-corrected chi connectivity index (χ1v) is 18.1. The first-order valence-electron chi connectivity index (χ1n) is 18.1.